The number of carbonyl (C=O) groups is 2. The minimum Gasteiger partial charge on any atom is -0.424 e. The standard InChI is InChI=1S/C17H11ClF2N4O3/c18-10-6-12(20)11(19)5-9(10)15(25)24-17(26)23-13-4-2-1-3-8(13)14-7-22-16(21)27-14/h1-7H,(H2,21,22)(H2,23,24,25,26). The number of halogens is 3. The predicted octanol–water partition coefficient (Wildman–Crippen LogP) is 3.82. The minimum atomic E-state index is -1.27. The van der Waals surface area contributed by atoms with Crippen molar-refractivity contribution in [2.45, 2.75) is 0 Å². The summed E-state index contributed by atoms with van der Waals surface area (Å²) in [6, 6.07) is 6.83. The van der Waals surface area contributed by atoms with Gasteiger partial charge < -0.3 is 15.5 Å². The number of hydrogen-bond acceptors (Lipinski definition) is 5. The summed E-state index contributed by atoms with van der Waals surface area (Å²) in [7, 11) is 0. The summed E-state index contributed by atoms with van der Waals surface area (Å²) < 4.78 is 31.6. The van der Waals surface area contributed by atoms with Crippen LogP contribution in [0.2, 0.25) is 5.02 Å². The molecule has 10 heteroatoms. The number of aromatic nitrogens is 1. The first kappa shape index (κ1) is 18.3. The van der Waals surface area contributed by atoms with Gasteiger partial charge in [-0.2, -0.15) is 0 Å². The van der Waals surface area contributed by atoms with Crippen LogP contribution in [-0.4, -0.2) is 16.9 Å². The number of rotatable bonds is 3. The van der Waals surface area contributed by atoms with Crippen LogP contribution in [0, 0.1) is 11.6 Å². The van der Waals surface area contributed by atoms with Crippen molar-refractivity contribution in [2.75, 3.05) is 11.1 Å². The maximum atomic E-state index is 13.3. The van der Waals surface area contributed by atoms with Gasteiger partial charge in [0.2, 0.25) is 0 Å². The van der Waals surface area contributed by atoms with Crippen LogP contribution in [-0.2, 0) is 0 Å². The number of nitrogens with zero attached hydrogens (tertiary/aromatic N) is 1. The second-order valence-corrected chi connectivity index (χ2v) is 5.67. The fourth-order valence-electron chi connectivity index (χ4n) is 2.24. The number of urea groups is 1. The normalized spacial score (nSPS) is 10.5. The van der Waals surface area contributed by atoms with E-state index in [1.165, 1.54) is 6.20 Å². The van der Waals surface area contributed by atoms with Gasteiger partial charge in [-0.3, -0.25) is 10.1 Å². The van der Waals surface area contributed by atoms with Gasteiger partial charge in [0.15, 0.2) is 17.4 Å². The molecular weight excluding hydrogens is 382 g/mol. The molecule has 2 aromatic carbocycles. The van der Waals surface area contributed by atoms with E-state index < -0.39 is 23.6 Å². The summed E-state index contributed by atoms with van der Waals surface area (Å²) in [6.45, 7) is 0. The molecule has 7 nitrogen and oxygen atoms in total. The van der Waals surface area contributed by atoms with Crippen LogP contribution in [0.1, 0.15) is 10.4 Å². The number of oxazole rings is 1. The average molecular weight is 393 g/mol. The summed E-state index contributed by atoms with van der Waals surface area (Å²) in [5, 5.41) is 4.10. The van der Waals surface area contributed by atoms with Crippen LogP contribution in [0.4, 0.5) is 25.3 Å². The third-order valence-electron chi connectivity index (χ3n) is 3.45. The Morgan fingerprint density at radius 3 is 2.56 bits per heavy atom. The van der Waals surface area contributed by atoms with E-state index in [1.807, 2.05) is 5.32 Å². The molecule has 3 aromatic rings. The molecule has 1 heterocycles. The van der Waals surface area contributed by atoms with Gasteiger partial charge in [-0.1, -0.05) is 23.7 Å². The van der Waals surface area contributed by atoms with Crippen LogP contribution >= 0.6 is 11.6 Å². The van der Waals surface area contributed by atoms with E-state index in [1.54, 1.807) is 24.3 Å². The highest BCUT2D eigenvalue weighted by Gasteiger charge is 2.18. The van der Waals surface area contributed by atoms with Crippen molar-refractivity contribution in [3.8, 4) is 11.3 Å². The zero-order valence-electron chi connectivity index (χ0n) is 13.4. The van der Waals surface area contributed by atoms with Crippen molar-refractivity contribution < 1.29 is 22.8 Å². The lowest BCUT2D eigenvalue weighted by atomic mass is 10.1. The highest BCUT2D eigenvalue weighted by Crippen LogP contribution is 2.29. The number of carbonyl (C=O) groups excluding carboxylic acids is 2. The maximum absolute atomic E-state index is 13.3. The third kappa shape index (κ3) is 4.04. The van der Waals surface area contributed by atoms with Gasteiger partial charge in [-0.05, 0) is 24.3 Å². The number of hydrogen-bond donors (Lipinski definition) is 3. The van der Waals surface area contributed by atoms with Crippen molar-refractivity contribution in [1.82, 2.24) is 10.3 Å². The molecule has 0 radical (unpaired) electrons. The Kier molecular flexibility index (Phi) is 5.04. The van der Waals surface area contributed by atoms with Crippen LogP contribution in [0.15, 0.2) is 47.0 Å². The van der Waals surface area contributed by atoms with E-state index >= 15 is 0 Å². The fraction of sp³-hybridized carbons (Fsp3) is 0. The SMILES string of the molecule is Nc1ncc(-c2ccccc2NC(=O)NC(=O)c2cc(F)c(F)cc2Cl)o1. The molecule has 0 atom stereocenters. The zero-order chi connectivity index (χ0) is 19.6. The van der Waals surface area contributed by atoms with Crippen LogP contribution in [0.5, 0.6) is 0 Å². The number of nitrogen functional groups attached to an aromatic ring is 1. The number of imide groups is 1. The lowest BCUT2D eigenvalue weighted by Gasteiger charge is -2.10. The Hall–Kier alpha value is -3.46. The number of anilines is 2. The monoisotopic (exact) mass is 392 g/mol. The molecule has 1 aromatic heterocycles. The largest absolute Gasteiger partial charge is 0.424 e. The molecule has 138 valence electrons. The number of nitrogens with two attached hydrogens (primary N) is 1. The van der Waals surface area contributed by atoms with Crippen molar-refractivity contribution >= 4 is 35.2 Å². The van der Waals surface area contributed by atoms with E-state index in [9.17, 15) is 18.4 Å². The summed E-state index contributed by atoms with van der Waals surface area (Å²) in [5.74, 6) is -3.17. The molecule has 0 aliphatic rings. The van der Waals surface area contributed by atoms with E-state index in [0.717, 1.165) is 0 Å². The van der Waals surface area contributed by atoms with Crippen molar-refractivity contribution in [1.29, 1.82) is 0 Å². The van der Waals surface area contributed by atoms with E-state index in [0.29, 0.717) is 29.1 Å². The van der Waals surface area contributed by atoms with Gasteiger partial charge in [0.05, 0.1) is 22.5 Å². The summed E-state index contributed by atoms with van der Waals surface area (Å²) >= 11 is 5.72. The maximum Gasteiger partial charge on any atom is 0.326 e. The molecule has 3 amide bonds. The molecule has 0 aliphatic heterocycles. The quantitative estimate of drug-likeness (QED) is 0.587. The highest BCUT2D eigenvalue weighted by molar-refractivity contribution is 6.34. The van der Waals surface area contributed by atoms with E-state index in [2.05, 4.69) is 10.3 Å². The Bertz CT molecular complexity index is 1040. The molecular formula is C17H11ClF2N4O3. The van der Waals surface area contributed by atoms with Crippen molar-refractivity contribution in [2.24, 2.45) is 0 Å². The molecule has 0 aliphatic carbocycles. The third-order valence-corrected chi connectivity index (χ3v) is 3.76. The minimum absolute atomic E-state index is 0.0487. The number of amides is 3. The zero-order valence-corrected chi connectivity index (χ0v) is 14.2. The first-order chi connectivity index (χ1) is 12.8. The first-order valence-electron chi connectivity index (χ1n) is 7.42. The van der Waals surface area contributed by atoms with Crippen LogP contribution in [0.3, 0.4) is 0 Å². The summed E-state index contributed by atoms with van der Waals surface area (Å²) in [6.07, 6.45) is 1.37. The molecule has 0 spiro atoms. The van der Waals surface area contributed by atoms with E-state index in [-0.39, 0.29) is 16.6 Å². The predicted molar refractivity (Wildman–Crippen MR) is 94.2 cm³/mol. The molecule has 0 saturated carbocycles. The lowest BCUT2D eigenvalue weighted by Crippen LogP contribution is -2.34. The van der Waals surface area contributed by atoms with Crippen LogP contribution < -0.4 is 16.4 Å². The van der Waals surface area contributed by atoms with Crippen LogP contribution in [0.25, 0.3) is 11.3 Å². The number of para-hydroxylation sites is 1. The van der Waals surface area contributed by atoms with Crippen molar-refractivity contribution in [3.05, 3.63) is 64.8 Å². The fourth-order valence-corrected chi connectivity index (χ4v) is 2.48. The van der Waals surface area contributed by atoms with Gasteiger partial charge in [0.1, 0.15) is 0 Å². The molecule has 0 unspecified atom stereocenters. The van der Waals surface area contributed by atoms with Crippen molar-refractivity contribution in [3.63, 3.8) is 0 Å². The van der Waals surface area contributed by atoms with Gasteiger partial charge >= 0.3 is 6.03 Å². The number of benzene rings is 2. The first-order valence-corrected chi connectivity index (χ1v) is 7.80. The molecule has 0 saturated heterocycles. The van der Waals surface area contributed by atoms with E-state index in [4.69, 9.17) is 21.8 Å². The van der Waals surface area contributed by atoms with Gasteiger partial charge in [0.25, 0.3) is 11.9 Å². The Morgan fingerprint density at radius 2 is 1.85 bits per heavy atom. The lowest BCUT2D eigenvalue weighted by molar-refractivity contribution is 0.0966. The van der Waals surface area contributed by atoms with Gasteiger partial charge in [-0.25, -0.2) is 18.6 Å². The summed E-state index contributed by atoms with van der Waals surface area (Å²) in [5.41, 5.74) is 5.82. The topological polar surface area (TPSA) is 110 Å². The molecule has 0 bridgehead atoms. The van der Waals surface area contributed by atoms with Gasteiger partial charge in [-0.15, -0.1) is 0 Å². The average Bonchev–Trinajstić information content (AvgIpc) is 3.04. The molecule has 27 heavy (non-hydrogen) atoms. The molecule has 0 fully saturated rings. The smallest absolute Gasteiger partial charge is 0.326 e. The molecule has 4 N–H and O–H groups in total. The Labute approximate surface area is 156 Å². The Morgan fingerprint density at radius 1 is 1.15 bits per heavy atom. The Balaban J connectivity index is 1.77. The highest BCUT2D eigenvalue weighted by atomic mass is 35.5. The summed E-state index contributed by atoms with van der Waals surface area (Å²) in [4.78, 5) is 28.0. The number of nitrogens with one attached hydrogen (secondary N) is 2. The molecule has 3 rings (SSSR count). The second kappa shape index (κ2) is 7.42. The van der Waals surface area contributed by atoms with Gasteiger partial charge in [0, 0.05) is 5.56 Å². The second-order valence-electron chi connectivity index (χ2n) is 5.26.